The van der Waals surface area contributed by atoms with Crippen molar-refractivity contribution in [3.63, 3.8) is 0 Å². The van der Waals surface area contributed by atoms with Gasteiger partial charge in [0.2, 0.25) is 0 Å². The lowest BCUT2D eigenvalue weighted by molar-refractivity contribution is -0.185. The van der Waals surface area contributed by atoms with Gasteiger partial charge in [-0.1, -0.05) is 19.1 Å². The number of carbonyl (C=O) groups is 1. The number of hydrogen-bond acceptors (Lipinski definition) is 4. The monoisotopic (exact) mass is 254 g/mol. The Labute approximate surface area is 108 Å². The highest BCUT2D eigenvalue weighted by atomic mass is 16.7. The number of carbonyl (C=O) groups excluding carboxylic acids is 1. The van der Waals surface area contributed by atoms with Crippen molar-refractivity contribution in [2.24, 2.45) is 11.8 Å². The molecule has 1 heterocycles. The molecular weight excluding hydrogens is 232 g/mol. The molecule has 4 nitrogen and oxygen atoms in total. The van der Waals surface area contributed by atoms with Gasteiger partial charge in [-0.05, 0) is 19.3 Å². The summed E-state index contributed by atoms with van der Waals surface area (Å²) in [7, 11) is 0. The van der Waals surface area contributed by atoms with Gasteiger partial charge in [0.1, 0.15) is 0 Å². The fraction of sp³-hybridized carbons (Fsp3) is 0.786. The number of hydrogen-bond donors (Lipinski definition) is 0. The number of ether oxygens (including phenoxy) is 3. The van der Waals surface area contributed by atoms with Crippen molar-refractivity contribution in [2.75, 3.05) is 19.8 Å². The standard InChI is InChI=1S/C14H22O4/c1-4-16-13(15)11(3)12-9-14(6-5-10(12)2)17-7-8-18-14/h11-12H,2,4-9H2,1,3H3/t11-,12?/m0/s1. The molecule has 18 heavy (non-hydrogen) atoms. The van der Waals surface area contributed by atoms with E-state index in [0.29, 0.717) is 26.2 Å². The predicted molar refractivity (Wildman–Crippen MR) is 66.9 cm³/mol. The molecule has 0 aromatic heterocycles. The Morgan fingerprint density at radius 1 is 1.56 bits per heavy atom. The molecule has 0 amide bonds. The molecule has 1 saturated carbocycles. The van der Waals surface area contributed by atoms with Crippen LogP contribution in [0.2, 0.25) is 0 Å². The second kappa shape index (κ2) is 5.41. The summed E-state index contributed by atoms with van der Waals surface area (Å²) in [6, 6.07) is 0. The minimum atomic E-state index is -0.480. The molecule has 2 atom stereocenters. The summed E-state index contributed by atoms with van der Waals surface area (Å²) in [6.45, 7) is 9.53. The molecule has 1 aliphatic carbocycles. The van der Waals surface area contributed by atoms with Crippen molar-refractivity contribution < 1.29 is 19.0 Å². The summed E-state index contributed by atoms with van der Waals surface area (Å²) >= 11 is 0. The fourth-order valence-corrected chi connectivity index (χ4v) is 2.85. The third-order valence-electron chi connectivity index (χ3n) is 3.96. The van der Waals surface area contributed by atoms with E-state index in [4.69, 9.17) is 14.2 Å². The van der Waals surface area contributed by atoms with Gasteiger partial charge < -0.3 is 14.2 Å². The van der Waals surface area contributed by atoms with E-state index in [2.05, 4.69) is 6.58 Å². The molecular formula is C14H22O4. The molecule has 0 bridgehead atoms. The molecule has 1 unspecified atom stereocenters. The van der Waals surface area contributed by atoms with Gasteiger partial charge >= 0.3 is 5.97 Å². The van der Waals surface area contributed by atoms with E-state index in [1.165, 1.54) is 0 Å². The topological polar surface area (TPSA) is 44.8 Å². The maximum Gasteiger partial charge on any atom is 0.309 e. The van der Waals surface area contributed by atoms with Gasteiger partial charge in [-0.25, -0.2) is 0 Å². The first-order chi connectivity index (χ1) is 8.58. The van der Waals surface area contributed by atoms with Crippen LogP contribution in [0.25, 0.3) is 0 Å². The molecule has 2 rings (SSSR count). The molecule has 0 aromatic rings. The maximum atomic E-state index is 11.8. The van der Waals surface area contributed by atoms with Crippen molar-refractivity contribution in [1.82, 2.24) is 0 Å². The van der Waals surface area contributed by atoms with E-state index in [9.17, 15) is 4.79 Å². The van der Waals surface area contributed by atoms with E-state index >= 15 is 0 Å². The largest absolute Gasteiger partial charge is 0.466 e. The van der Waals surface area contributed by atoms with Crippen LogP contribution in [0.1, 0.15) is 33.1 Å². The second-order valence-corrected chi connectivity index (χ2v) is 5.12. The van der Waals surface area contributed by atoms with Gasteiger partial charge in [0.25, 0.3) is 0 Å². The predicted octanol–water partition coefficient (Wildman–Crippen LogP) is 2.29. The Hall–Kier alpha value is -0.870. The summed E-state index contributed by atoms with van der Waals surface area (Å²) in [4.78, 5) is 11.8. The van der Waals surface area contributed by atoms with Crippen LogP contribution in [0, 0.1) is 11.8 Å². The third-order valence-corrected chi connectivity index (χ3v) is 3.96. The minimum Gasteiger partial charge on any atom is -0.466 e. The highest BCUT2D eigenvalue weighted by Gasteiger charge is 2.45. The van der Waals surface area contributed by atoms with Gasteiger partial charge in [-0.3, -0.25) is 4.79 Å². The van der Waals surface area contributed by atoms with Crippen LogP contribution in [-0.2, 0) is 19.0 Å². The molecule has 2 aliphatic rings. The quantitative estimate of drug-likeness (QED) is 0.572. The highest BCUT2D eigenvalue weighted by molar-refractivity contribution is 5.72. The normalized spacial score (nSPS) is 28.3. The van der Waals surface area contributed by atoms with Crippen LogP contribution in [0.5, 0.6) is 0 Å². The lowest BCUT2D eigenvalue weighted by atomic mass is 9.75. The molecule has 102 valence electrons. The van der Waals surface area contributed by atoms with Crippen LogP contribution in [-0.4, -0.2) is 31.6 Å². The van der Waals surface area contributed by atoms with Crippen LogP contribution in [0.3, 0.4) is 0 Å². The second-order valence-electron chi connectivity index (χ2n) is 5.12. The van der Waals surface area contributed by atoms with Crippen LogP contribution in [0.15, 0.2) is 12.2 Å². The van der Waals surface area contributed by atoms with Crippen molar-refractivity contribution >= 4 is 5.97 Å². The van der Waals surface area contributed by atoms with Crippen molar-refractivity contribution in [3.8, 4) is 0 Å². The van der Waals surface area contributed by atoms with Gasteiger partial charge in [-0.15, -0.1) is 0 Å². The molecule has 0 aromatic carbocycles. The number of esters is 1. The van der Waals surface area contributed by atoms with E-state index in [-0.39, 0.29) is 17.8 Å². The number of rotatable bonds is 3. The first-order valence-corrected chi connectivity index (χ1v) is 6.70. The molecule has 1 spiro atoms. The SMILES string of the molecule is C=C1CCC2(CC1[C@H](C)C(=O)OCC)OCCO2. The Bertz CT molecular complexity index is 331. The smallest absolute Gasteiger partial charge is 0.309 e. The van der Waals surface area contributed by atoms with E-state index in [1.54, 1.807) is 0 Å². The van der Waals surface area contributed by atoms with E-state index in [0.717, 1.165) is 18.4 Å². The third kappa shape index (κ3) is 2.59. The van der Waals surface area contributed by atoms with Crippen molar-refractivity contribution in [1.29, 1.82) is 0 Å². The molecule has 1 aliphatic heterocycles. The van der Waals surface area contributed by atoms with Crippen LogP contribution >= 0.6 is 0 Å². The number of allylic oxidation sites excluding steroid dienone is 1. The van der Waals surface area contributed by atoms with Gasteiger partial charge in [0.05, 0.1) is 25.7 Å². The first-order valence-electron chi connectivity index (χ1n) is 6.70. The zero-order chi connectivity index (χ0) is 13.2. The van der Waals surface area contributed by atoms with Gasteiger partial charge in [0, 0.05) is 12.8 Å². The summed E-state index contributed by atoms with van der Waals surface area (Å²) in [5.74, 6) is -0.718. The first kappa shape index (κ1) is 13.6. The lowest BCUT2D eigenvalue weighted by Crippen LogP contribution is -2.40. The van der Waals surface area contributed by atoms with Crippen LogP contribution < -0.4 is 0 Å². The summed E-state index contributed by atoms with van der Waals surface area (Å²) < 4.78 is 16.6. The highest BCUT2D eigenvalue weighted by Crippen LogP contribution is 2.43. The van der Waals surface area contributed by atoms with Gasteiger partial charge in [0.15, 0.2) is 5.79 Å². The van der Waals surface area contributed by atoms with E-state index < -0.39 is 5.79 Å². The molecule has 4 heteroatoms. The Kier molecular flexibility index (Phi) is 4.07. The van der Waals surface area contributed by atoms with E-state index in [1.807, 2.05) is 13.8 Å². The Balaban J connectivity index is 2.05. The molecule has 1 saturated heterocycles. The maximum absolute atomic E-state index is 11.8. The average molecular weight is 254 g/mol. The fourth-order valence-electron chi connectivity index (χ4n) is 2.85. The average Bonchev–Trinajstić information content (AvgIpc) is 2.81. The zero-order valence-electron chi connectivity index (χ0n) is 11.2. The zero-order valence-corrected chi connectivity index (χ0v) is 11.2. The van der Waals surface area contributed by atoms with Crippen molar-refractivity contribution in [3.05, 3.63) is 12.2 Å². The Morgan fingerprint density at radius 3 is 2.83 bits per heavy atom. The summed E-state index contributed by atoms with van der Waals surface area (Å²) in [6.07, 6.45) is 2.41. The molecule has 2 fully saturated rings. The minimum absolute atomic E-state index is 0.0934. The van der Waals surface area contributed by atoms with Crippen molar-refractivity contribution in [2.45, 2.75) is 38.9 Å². The Morgan fingerprint density at radius 2 is 2.22 bits per heavy atom. The van der Waals surface area contributed by atoms with Gasteiger partial charge in [-0.2, -0.15) is 0 Å². The molecule has 0 N–H and O–H groups in total. The summed E-state index contributed by atoms with van der Waals surface area (Å²) in [5.41, 5.74) is 1.11. The lowest BCUT2D eigenvalue weighted by Gasteiger charge is -2.39. The van der Waals surface area contributed by atoms with Crippen LogP contribution in [0.4, 0.5) is 0 Å². The summed E-state index contributed by atoms with van der Waals surface area (Å²) in [5, 5.41) is 0. The molecule has 0 radical (unpaired) electrons.